The highest BCUT2D eigenvalue weighted by Crippen LogP contribution is 2.51. The van der Waals surface area contributed by atoms with Crippen LogP contribution in [0.4, 0.5) is 0 Å². The van der Waals surface area contributed by atoms with Crippen LogP contribution in [0.5, 0.6) is 0 Å². The maximum absolute atomic E-state index is 12.2. The number of nitrogens with one attached hydrogen (secondary N) is 2. The van der Waals surface area contributed by atoms with Crippen LogP contribution >= 0.6 is 0 Å². The number of ether oxygens (including phenoxy) is 1. The number of aliphatic carboxylic acids is 1. The van der Waals surface area contributed by atoms with Gasteiger partial charge in [0.2, 0.25) is 11.8 Å². The van der Waals surface area contributed by atoms with E-state index in [4.69, 9.17) is 4.74 Å². The molecule has 2 rings (SSSR count). The summed E-state index contributed by atoms with van der Waals surface area (Å²) in [6.07, 6.45) is 0.125. The van der Waals surface area contributed by atoms with Crippen molar-refractivity contribution in [3.8, 4) is 0 Å². The molecular weight excluding hydrogens is 336 g/mol. The summed E-state index contributed by atoms with van der Waals surface area (Å²) in [7, 11) is 0. The Morgan fingerprint density at radius 3 is 2.38 bits per heavy atom. The number of carboxylic acid groups (broad SMARTS) is 1. The number of amides is 2. The van der Waals surface area contributed by atoms with Gasteiger partial charge < -0.3 is 20.5 Å². The van der Waals surface area contributed by atoms with Crippen LogP contribution in [-0.2, 0) is 25.5 Å². The van der Waals surface area contributed by atoms with Crippen molar-refractivity contribution in [2.75, 3.05) is 13.2 Å². The van der Waals surface area contributed by atoms with Gasteiger partial charge in [0.15, 0.2) is 0 Å². The van der Waals surface area contributed by atoms with E-state index in [-0.39, 0.29) is 31.4 Å². The van der Waals surface area contributed by atoms with Crippen LogP contribution in [0.1, 0.15) is 32.8 Å². The summed E-state index contributed by atoms with van der Waals surface area (Å²) in [5.41, 5.74) is -1.31. The maximum Gasteiger partial charge on any atom is 0.330 e. The Hall–Kier alpha value is -2.41. The average Bonchev–Trinajstić information content (AvgIpc) is 2.59. The molecule has 7 heteroatoms. The lowest BCUT2D eigenvalue weighted by atomic mass is 9.54. The highest BCUT2D eigenvalue weighted by Gasteiger charge is 2.66. The fraction of sp³-hybridized carbons (Fsp3) is 0.526. The first-order valence-electron chi connectivity index (χ1n) is 8.69. The Bertz CT molecular complexity index is 674. The Labute approximate surface area is 153 Å². The highest BCUT2D eigenvalue weighted by atomic mass is 16.5. The van der Waals surface area contributed by atoms with Crippen molar-refractivity contribution < 1.29 is 24.2 Å². The fourth-order valence-corrected chi connectivity index (χ4v) is 3.34. The summed E-state index contributed by atoms with van der Waals surface area (Å²) in [4.78, 5) is 36.0. The topological polar surface area (TPSA) is 105 Å². The van der Waals surface area contributed by atoms with Crippen molar-refractivity contribution in [3.63, 3.8) is 0 Å². The molecule has 1 saturated carbocycles. The predicted molar refractivity (Wildman–Crippen MR) is 95.5 cm³/mol. The van der Waals surface area contributed by atoms with Crippen molar-refractivity contribution in [3.05, 3.63) is 35.9 Å². The molecule has 26 heavy (non-hydrogen) atoms. The van der Waals surface area contributed by atoms with Gasteiger partial charge in [0.1, 0.15) is 5.54 Å². The zero-order chi connectivity index (χ0) is 19.4. The summed E-state index contributed by atoms with van der Waals surface area (Å²) < 4.78 is 5.56. The number of carbonyl (C=O) groups is 3. The minimum absolute atomic E-state index is 0.163. The molecule has 0 aliphatic heterocycles. The lowest BCUT2D eigenvalue weighted by Gasteiger charge is -2.58. The molecule has 0 bridgehead atoms. The van der Waals surface area contributed by atoms with Crippen LogP contribution in [0.3, 0.4) is 0 Å². The van der Waals surface area contributed by atoms with Crippen LogP contribution in [0.25, 0.3) is 0 Å². The molecule has 1 aliphatic carbocycles. The van der Waals surface area contributed by atoms with Gasteiger partial charge in [0.05, 0.1) is 19.1 Å². The SMILES string of the molecule is CCOC1CC(NC(=O)CNC(=O)Cc2ccccc2)(C(=O)O)C1(C)C. The second kappa shape index (κ2) is 7.86. The van der Waals surface area contributed by atoms with Gasteiger partial charge in [-0.05, 0) is 12.5 Å². The van der Waals surface area contributed by atoms with E-state index >= 15 is 0 Å². The van der Waals surface area contributed by atoms with Gasteiger partial charge in [0, 0.05) is 18.4 Å². The summed E-state index contributed by atoms with van der Waals surface area (Å²) in [6, 6.07) is 9.17. The van der Waals surface area contributed by atoms with Crippen LogP contribution < -0.4 is 10.6 Å². The standard InChI is InChI=1S/C19H26N2O5/c1-4-26-14-11-19(17(24)25,18(14,2)3)21-16(23)12-20-15(22)10-13-8-6-5-7-9-13/h5-9,14H,4,10-12H2,1-3H3,(H,20,22)(H,21,23)(H,24,25). The van der Waals surface area contributed by atoms with Gasteiger partial charge >= 0.3 is 5.97 Å². The van der Waals surface area contributed by atoms with Crippen molar-refractivity contribution >= 4 is 17.8 Å². The number of carboxylic acids is 1. The third-order valence-corrected chi connectivity index (χ3v) is 5.14. The minimum atomic E-state index is -1.39. The quantitative estimate of drug-likeness (QED) is 0.643. The van der Waals surface area contributed by atoms with Crippen molar-refractivity contribution in [2.45, 2.75) is 45.3 Å². The molecule has 2 unspecified atom stereocenters. The zero-order valence-electron chi connectivity index (χ0n) is 15.4. The first-order valence-corrected chi connectivity index (χ1v) is 8.69. The first-order chi connectivity index (χ1) is 12.2. The van der Waals surface area contributed by atoms with E-state index in [0.29, 0.717) is 6.61 Å². The molecule has 1 aromatic carbocycles. The Morgan fingerprint density at radius 2 is 1.85 bits per heavy atom. The molecule has 1 aromatic rings. The van der Waals surface area contributed by atoms with E-state index in [1.807, 2.05) is 37.3 Å². The first kappa shape index (κ1) is 19.9. The van der Waals surface area contributed by atoms with Crippen molar-refractivity contribution in [1.29, 1.82) is 0 Å². The van der Waals surface area contributed by atoms with E-state index in [9.17, 15) is 19.5 Å². The molecule has 0 saturated heterocycles. The van der Waals surface area contributed by atoms with E-state index in [0.717, 1.165) is 5.56 Å². The monoisotopic (exact) mass is 362 g/mol. The summed E-state index contributed by atoms with van der Waals surface area (Å²) in [6.45, 7) is 5.58. The molecule has 0 spiro atoms. The summed E-state index contributed by atoms with van der Waals surface area (Å²) in [5.74, 6) is -1.92. The molecule has 0 heterocycles. The average molecular weight is 362 g/mol. The predicted octanol–water partition coefficient (Wildman–Crippen LogP) is 1.12. The third kappa shape index (κ3) is 3.88. The third-order valence-electron chi connectivity index (χ3n) is 5.14. The van der Waals surface area contributed by atoms with Crippen LogP contribution in [0.15, 0.2) is 30.3 Å². The number of hydrogen-bond donors (Lipinski definition) is 3. The Kier molecular flexibility index (Phi) is 6.02. The molecule has 2 amide bonds. The van der Waals surface area contributed by atoms with Crippen molar-refractivity contribution in [1.82, 2.24) is 10.6 Å². The smallest absolute Gasteiger partial charge is 0.330 e. The molecule has 7 nitrogen and oxygen atoms in total. The fourth-order valence-electron chi connectivity index (χ4n) is 3.34. The number of hydrogen-bond acceptors (Lipinski definition) is 4. The molecule has 142 valence electrons. The molecule has 1 aliphatic rings. The lowest BCUT2D eigenvalue weighted by Crippen LogP contribution is -2.76. The van der Waals surface area contributed by atoms with E-state index in [2.05, 4.69) is 10.6 Å². The number of carbonyl (C=O) groups excluding carboxylic acids is 2. The van der Waals surface area contributed by atoms with Crippen molar-refractivity contribution in [2.24, 2.45) is 5.41 Å². The Morgan fingerprint density at radius 1 is 1.19 bits per heavy atom. The second-order valence-corrected chi connectivity index (χ2v) is 7.07. The number of benzene rings is 1. The van der Waals surface area contributed by atoms with Crippen LogP contribution in [0, 0.1) is 5.41 Å². The normalized spacial score (nSPS) is 23.6. The van der Waals surface area contributed by atoms with Gasteiger partial charge in [-0.25, -0.2) is 4.79 Å². The van der Waals surface area contributed by atoms with E-state index < -0.39 is 22.8 Å². The van der Waals surface area contributed by atoms with Crippen LogP contribution in [-0.4, -0.2) is 47.7 Å². The molecular formula is C19H26N2O5. The zero-order valence-corrected chi connectivity index (χ0v) is 15.4. The van der Waals surface area contributed by atoms with Gasteiger partial charge in [-0.1, -0.05) is 44.2 Å². The molecule has 0 radical (unpaired) electrons. The number of rotatable bonds is 8. The molecule has 3 N–H and O–H groups in total. The highest BCUT2D eigenvalue weighted by molar-refractivity contribution is 5.92. The van der Waals surface area contributed by atoms with Crippen LogP contribution in [0.2, 0.25) is 0 Å². The maximum atomic E-state index is 12.2. The second-order valence-electron chi connectivity index (χ2n) is 7.07. The van der Waals surface area contributed by atoms with Gasteiger partial charge in [-0.3, -0.25) is 9.59 Å². The van der Waals surface area contributed by atoms with Gasteiger partial charge in [-0.15, -0.1) is 0 Å². The lowest BCUT2D eigenvalue weighted by molar-refractivity contribution is -0.194. The molecule has 2 atom stereocenters. The minimum Gasteiger partial charge on any atom is -0.479 e. The summed E-state index contributed by atoms with van der Waals surface area (Å²) >= 11 is 0. The van der Waals surface area contributed by atoms with E-state index in [1.54, 1.807) is 13.8 Å². The molecule has 1 fully saturated rings. The Balaban J connectivity index is 1.91. The van der Waals surface area contributed by atoms with Gasteiger partial charge in [0.25, 0.3) is 0 Å². The van der Waals surface area contributed by atoms with Gasteiger partial charge in [-0.2, -0.15) is 0 Å². The van der Waals surface area contributed by atoms with E-state index in [1.165, 1.54) is 0 Å². The summed E-state index contributed by atoms with van der Waals surface area (Å²) in [5, 5.41) is 14.8. The molecule has 0 aromatic heterocycles. The largest absolute Gasteiger partial charge is 0.479 e.